The van der Waals surface area contributed by atoms with Crippen molar-refractivity contribution in [1.29, 1.82) is 0 Å². The van der Waals surface area contributed by atoms with Crippen LogP contribution < -0.4 is 5.32 Å². The van der Waals surface area contributed by atoms with E-state index in [1.165, 1.54) is 18.4 Å². The van der Waals surface area contributed by atoms with Gasteiger partial charge in [-0.2, -0.15) is 0 Å². The lowest BCUT2D eigenvalue weighted by Gasteiger charge is -2.40. The summed E-state index contributed by atoms with van der Waals surface area (Å²) in [6.07, 6.45) is 3.56. The number of nitrogens with one attached hydrogen (secondary N) is 1. The van der Waals surface area contributed by atoms with E-state index < -0.39 is 0 Å². The maximum absolute atomic E-state index is 5.24. The topological polar surface area (TPSA) is 21.3 Å². The first-order chi connectivity index (χ1) is 9.27. The number of benzene rings is 1. The van der Waals surface area contributed by atoms with Gasteiger partial charge in [0.15, 0.2) is 0 Å². The SMILES string of the molecule is CCCNC(C(C)CCOC)C1Cc2ccccc21. The van der Waals surface area contributed by atoms with Crippen molar-refractivity contribution in [3.63, 3.8) is 0 Å². The van der Waals surface area contributed by atoms with Gasteiger partial charge in [0.2, 0.25) is 0 Å². The number of ether oxygens (including phenoxy) is 1. The second-order valence-electron chi connectivity index (χ2n) is 5.75. The van der Waals surface area contributed by atoms with E-state index >= 15 is 0 Å². The van der Waals surface area contributed by atoms with Crippen molar-refractivity contribution in [3.05, 3.63) is 35.4 Å². The summed E-state index contributed by atoms with van der Waals surface area (Å²) in [7, 11) is 1.79. The van der Waals surface area contributed by atoms with Crippen LogP contribution in [-0.4, -0.2) is 26.3 Å². The van der Waals surface area contributed by atoms with Gasteiger partial charge in [-0.25, -0.2) is 0 Å². The second kappa shape index (κ2) is 7.06. The summed E-state index contributed by atoms with van der Waals surface area (Å²) in [5.74, 6) is 1.35. The maximum atomic E-state index is 5.24. The Balaban J connectivity index is 2.02. The van der Waals surface area contributed by atoms with E-state index in [0.717, 1.165) is 19.6 Å². The molecule has 0 fully saturated rings. The predicted octanol–water partition coefficient (Wildman–Crippen LogP) is 3.37. The minimum absolute atomic E-state index is 0.588. The Morgan fingerprint density at radius 3 is 2.84 bits per heavy atom. The van der Waals surface area contributed by atoms with Gasteiger partial charge in [0.05, 0.1) is 0 Å². The quantitative estimate of drug-likeness (QED) is 0.774. The molecule has 1 N–H and O–H groups in total. The Bertz CT molecular complexity index is 391. The van der Waals surface area contributed by atoms with E-state index in [1.54, 1.807) is 12.7 Å². The molecule has 1 aliphatic carbocycles. The van der Waals surface area contributed by atoms with Crippen LogP contribution in [0.4, 0.5) is 0 Å². The normalized spacial score (nSPS) is 20.5. The van der Waals surface area contributed by atoms with Gasteiger partial charge in [-0.3, -0.25) is 0 Å². The number of methoxy groups -OCH3 is 1. The number of hydrogen-bond acceptors (Lipinski definition) is 2. The third-order valence-corrected chi connectivity index (χ3v) is 4.35. The molecule has 0 heterocycles. The van der Waals surface area contributed by atoms with Crippen LogP contribution in [0.25, 0.3) is 0 Å². The fourth-order valence-electron chi connectivity index (χ4n) is 3.15. The Kier molecular flexibility index (Phi) is 5.41. The number of hydrogen-bond donors (Lipinski definition) is 1. The summed E-state index contributed by atoms with van der Waals surface area (Å²) in [5.41, 5.74) is 3.09. The van der Waals surface area contributed by atoms with Gasteiger partial charge < -0.3 is 10.1 Å². The molecule has 106 valence electrons. The highest BCUT2D eigenvalue weighted by Crippen LogP contribution is 2.40. The summed E-state index contributed by atoms with van der Waals surface area (Å²) in [4.78, 5) is 0. The molecule has 2 heteroatoms. The molecule has 0 saturated carbocycles. The summed E-state index contributed by atoms with van der Waals surface area (Å²) in [6.45, 7) is 6.56. The van der Waals surface area contributed by atoms with Crippen molar-refractivity contribution < 1.29 is 4.74 Å². The molecule has 3 unspecified atom stereocenters. The summed E-state index contributed by atoms with van der Waals surface area (Å²) in [6, 6.07) is 9.47. The van der Waals surface area contributed by atoms with E-state index in [9.17, 15) is 0 Å². The Labute approximate surface area is 117 Å². The molecule has 0 aliphatic heterocycles. The average molecular weight is 261 g/mol. The first kappa shape index (κ1) is 14.5. The first-order valence-corrected chi connectivity index (χ1v) is 7.58. The van der Waals surface area contributed by atoms with Gasteiger partial charge in [0, 0.05) is 25.7 Å². The lowest BCUT2D eigenvalue weighted by atomic mass is 9.70. The monoisotopic (exact) mass is 261 g/mol. The predicted molar refractivity (Wildman–Crippen MR) is 80.6 cm³/mol. The fraction of sp³-hybridized carbons (Fsp3) is 0.647. The summed E-state index contributed by atoms with van der Waals surface area (Å²) < 4.78 is 5.24. The molecule has 1 aromatic carbocycles. The van der Waals surface area contributed by atoms with Gasteiger partial charge in [-0.15, -0.1) is 0 Å². The van der Waals surface area contributed by atoms with Gasteiger partial charge in [0.1, 0.15) is 0 Å². The van der Waals surface area contributed by atoms with Crippen LogP contribution in [0.5, 0.6) is 0 Å². The van der Waals surface area contributed by atoms with E-state index in [4.69, 9.17) is 4.74 Å². The van der Waals surface area contributed by atoms with Crippen molar-refractivity contribution in [1.82, 2.24) is 5.32 Å². The third kappa shape index (κ3) is 3.37. The van der Waals surface area contributed by atoms with Gasteiger partial charge >= 0.3 is 0 Å². The number of fused-ring (bicyclic) bond motifs is 1. The lowest BCUT2D eigenvalue weighted by Crippen LogP contribution is -2.45. The molecule has 0 aromatic heterocycles. The average Bonchev–Trinajstić information content (AvgIpc) is 2.41. The van der Waals surface area contributed by atoms with E-state index in [2.05, 4.69) is 43.4 Å². The van der Waals surface area contributed by atoms with E-state index in [1.807, 2.05) is 0 Å². The van der Waals surface area contributed by atoms with Crippen LogP contribution in [0.15, 0.2) is 24.3 Å². The minimum Gasteiger partial charge on any atom is -0.385 e. The molecule has 0 radical (unpaired) electrons. The highest BCUT2D eigenvalue weighted by atomic mass is 16.5. The van der Waals surface area contributed by atoms with Crippen molar-refractivity contribution in [2.75, 3.05) is 20.3 Å². The summed E-state index contributed by atoms with van der Waals surface area (Å²) in [5, 5.41) is 3.77. The Hall–Kier alpha value is -0.860. The van der Waals surface area contributed by atoms with Crippen LogP contribution >= 0.6 is 0 Å². The van der Waals surface area contributed by atoms with Gasteiger partial charge in [-0.05, 0) is 42.9 Å². The van der Waals surface area contributed by atoms with Crippen LogP contribution in [0, 0.1) is 5.92 Å². The highest BCUT2D eigenvalue weighted by Gasteiger charge is 2.34. The van der Waals surface area contributed by atoms with Crippen molar-refractivity contribution in [3.8, 4) is 0 Å². The number of rotatable bonds is 8. The molecule has 0 spiro atoms. The van der Waals surface area contributed by atoms with Crippen molar-refractivity contribution >= 4 is 0 Å². The molecule has 19 heavy (non-hydrogen) atoms. The van der Waals surface area contributed by atoms with E-state index in [0.29, 0.717) is 17.9 Å². The third-order valence-electron chi connectivity index (χ3n) is 4.35. The molecule has 1 aromatic rings. The van der Waals surface area contributed by atoms with Crippen LogP contribution in [0.1, 0.15) is 43.7 Å². The summed E-state index contributed by atoms with van der Waals surface area (Å²) >= 11 is 0. The fourth-order valence-corrected chi connectivity index (χ4v) is 3.15. The minimum atomic E-state index is 0.588. The molecule has 0 bridgehead atoms. The second-order valence-corrected chi connectivity index (χ2v) is 5.75. The largest absolute Gasteiger partial charge is 0.385 e. The molecular weight excluding hydrogens is 234 g/mol. The first-order valence-electron chi connectivity index (χ1n) is 7.58. The van der Waals surface area contributed by atoms with Gasteiger partial charge in [0.25, 0.3) is 0 Å². The molecule has 1 aliphatic rings. The molecule has 0 amide bonds. The molecule has 3 atom stereocenters. The van der Waals surface area contributed by atoms with Crippen molar-refractivity contribution in [2.45, 2.75) is 45.1 Å². The van der Waals surface area contributed by atoms with E-state index in [-0.39, 0.29) is 0 Å². The zero-order valence-corrected chi connectivity index (χ0v) is 12.5. The molecule has 2 rings (SSSR count). The Morgan fingerprint density at radius 1 is 1.37 bits per heavy atom. The zero-order valence-electron chi connectivity index (χ0n) is 12.5. The zero-order chi connectivity index (χ0) is 13.7. The standard InChI is InChI=1S/C17H27NO/c1-4-10-18-17(13(2)9-11-19-3)16-12-14-7-5-6-8-15(14)16/h5-8,13,16-18H,4,9-12H2,1-3H3. The smallest absolute Gasteiger partial charge is 0.0465 e. The van der Waals surface area contributed by atoms with Crippen LogP contribution in [0.3, 0.4) is 0 Å². The Morgan fingerprint density at radius 2 is 2.16 bits per heavy atom. The van der Waals surface area contributed by atoms with Crippen molar-refractivity contribution in [2.24, 2.45) is 5.92 Å². The van der Waals surface area contributed by atoms with Crippen LogP contribution in [0.2, 0.25) is 0 Å². The molecule has 0 saturated heterocycles. The van der Waals surface area contributed by atoms with Gasteiger partial charge in [-0.1, -0.05) is 38.1 Å². The molecular formula is C17H27NO. The van der Waals surface area contributed by atoms with Crippen LogP contribution in [-0.2, 0) is 11.2 Å². The highest BCUT2D eigenvalue weighted by molar-refractivity contribution is 5.41. The maximum Gasteiger partial charge on any atom is 0.0465 e. The molecule has 2 nitrogen and oxygen atoms in total. The lowest BCUT2D eigenvalue weighted by molar-refractivity contribution is 0.163.